The molecular weight excluding hydrogens is 163 g/mol. The highest BCUT2D eigenvalue weighted by Crippen LogP contribution is 2.27. The van der Waals surface area contributed by atoms with E-state index in [1.807, 2.05) is 13.8 Å². The van der Waals surface area contributed by atoms with Crippen LogP contribution in [0.1, 0.15) is 50.7 Å². The molecule has 0 nitrogen and oxygen atoms in total. The zero-order valence-electron chi connectivity index (χ0n) is 8.69. The molecule has 1 radical (unpaired) electrons. The summed E-state index contributed by atoms with van der Waals surface area (Å²) in [5.41, 5.74) is 1.83. The lowest BCUT2D eigenvalue weighted by atomic mass is 9.90. The molecule has 0 N–H and O–H groups in total. The van der Waals surface area contributed by atoms with E-state index in [1.165, 1.54) is 6.07 Å². The zero-order valence-corrected chi connectivity index (χ0v) is 8.69. The Morgan fingerprint density at radius 1 is 1.15 bits per heavy atom. The van der Waals surface area contributed by atoms with Gasteiger partial charge in [0.05, 0.1) is 0 Å². The fourth-order valence-corrected chi connectivity index (χ4v) is 1.57. The van der Waals surface area contributed by atoms with Gasteiger partial charge in [-0.05, 0) is 35.1 Å². The number of benzene rings is 1. The standard InChI is InChI=1S/C12H16F/c1-8(2)10-6-5-7-11(13)12(10)9(3)4/h5,7-9H,1-4H3. The Bertz CT molecular complexity index is 287. The first-order valence-electron chi connectivity index (χ1n) is 4.74. The lowest BCUT2D eigenvalue weighted by molar-refractivity contribution is 0.589. The maximum atomic E-state index is 13.4. The van der Waals surface area contributed by atoms with Gasteiger partial charge < -0.3 is 0 Å². The Morgan fingerprint density at radius 2 is 1.77 bits per heavy atom. The third-order valence-corrected chi connectivity index (χ3v) is 2.17. The third kappa shape index (κ3) is 2.09. The summed E-state index contributed by atoms with van der Waals surface area (Å²) < 4.78 is 13.4. The van der Waals surface area contributed by atoms with Crippen molar-refractivity contribution in [2.24, 2.45) is 0 Å². The van der Waals surface area contributed by atoms with E-state index in [0.29, 0.717) is 5.92 Å². The summed E-state index contributed by atoms with van der Waals surface area (Å²) >= 11 is 0. The predicted octanol–water partition coefficient (Wildman–Crippen LogP) is 3.87. The van der Waals surface area contributed by atoms with E-state index in [1.54, 1.807) is 6.07 Å². The van der Waals surface area contributed by atoms with E-state index < -0.39 is 0 Å². The maximum absolute atomic E-state index is 13.4. The van der Waals surface area contributed by atoms with Crippen LogP contribution in [0, 0.1) is 11.9 Å². The molecule has 0 aromatic heterocycles. The summed E-state index contributed by atoms with van der Waals surface area (Å²) in [6, 6.07) is 6.27. The quantitative estimate of drug-likeness (QED) is 0.646. The molecule has 0 fully saturated rings. The van der Waals surface area contributed by atoms with Gasteiger partial charge in [-0.2, -0.15) is 0 Å². The van der Waals surface area contributed by atoms with Crippen LogP contribution in [-0.4, -0.2) is 0 Å². The molecule has 0 aliphatic rings. The highest BCUT2D eigenvalue weighted by molar-refractivity contribution is 5.32. The normalized spacial score (nSPS) is 11.3. The average molecular weight is 179 g/mol. The van der Waals surface area contributed by atoms with Crippen molar-refractivity contribution in [3.63, 3.8) is 0 Å². The Morgan fingerprint density at radius 3 is 2.15 bits per heavy atom. The van der Waals surface area contributed by atoms with Crippen LogP contribution in [0.15, 0.2) is 12.1 Å². The van der Waals surface area contributed by atoms with Gasteiger partial charge in [-0.3, -0.25) is 0 Å². The zero-order chi connectivity index (χ0) is 10.0. The van der Waals surface area contributed by atoms with Crippen LogP contribution in [0.2, 0.25) is 0 Å². The first kappa shape index (κ1) is 10.2. The molecule has 0 saturated carbocycles. The SMILES string of the molecule is CC(C)c1[c]ccc(F)c1C(C)C. The Kier molecular flexibility index (Phi) is 3.07. The average Bonchev–Trinajstić information content (AvgIpc) is 2.02. The van der Waals surface area contributed by atoms with Gasteiger partial charge in [0.2, 0.25) is 0 Å². The van der Waals surface area contributed by atoms with Crippen LogP contribution in [0.4, 0.5) is 4.39 Å². The molecule has 0 spiro atoms. The highest BCUT2D eigenvalue weighted by atomic mass is 19.1. The summed E-state index contributed by atoms with van der Waals surface area (Å²) in [6.07, 6.45) is 0. The molecule has 0 atom stereocenters. The number of hydrogen-bond donors (Lipinski definition) is 0. The minimum Gasteiger partial charge on any atom is -0.207 e. The Hall–Kier alpha value is -0.850. The fourth-order valence-electron chi connectivity index (χ4n) is 1.57. The van der Waals surface area contributed by atoms with Crippen LogP contribution < -0.4 is 0 Å². The van der Waals surface area contributed by atoms with E-state index in [2.05, 4.69) is 19.9 Å². The monoisotopic (exact) mass is 179 g/mol. The van der Waals surface area contributed by atoms with Crippen molar-refractivity contribution in [3.8, 4) is 0 Å². The second kappa shape index (κ2) is 3.91. The molecule has 1 rings (SSSR count). The molecule has 71 valence electrons. The molecule has 0 aliphatic carbocycles. The van der Waals surface area contributed by atoms with Gasteiger partial charge in [0.15, 0.2) is 0 Å². The predicted molar refractivity (Wildman–Crippen MR) is 53.4 cm³/mol. The second-order valence-corrected chi connectivity index (χ2v) is 3.96. The first-order valence-corrected chi connectivity index (χ1v) is 4.74. The van der Waals surface area contributed by atoms with Gasteiger partial charge in [-0.1, -0.05) is 33.8 Å². The van der Waals surface area contributed by atoms with E-state index in [4.69, 9.17) is 0 Å². The molecule has 1 aromatic rings. The van der Waals surface area contributed by atoms with Gasteiger partial charge in [-0.25, -0.2) is 4.39 Å². The molecule has 0 amide bonds. The van der Waals surface area contributed by atoms with Crippen molar-refractivity contribution < 1.29 is 4.39 Å². The largest absolute Gasteiger partial charge is 0.207 e. The van der Waals surface area contributed by atoms with Crippen molar-refractivity contribution in [3.05, 3.63) is 35.1 Å². The van der Waals surface area contributed by atoms with Crippen LogP contribution in [0.25, 0.3) is 0 Å². The van der Waals surface area contributed by atoms with Crippen LogP contribution in [0.3, 0.4) is 0 Å². The van der Waals surface area contributed by atoms with Gasteiger partial charge in [0.25, 0.3) is 0 Å². The fraction of sp³-hybridized carbons (Fsp3) is 0.500. The van der Waals surface area contributed by atoms with E-state index >= 15 is 0 Å². The number of halogens is 1. The smallest absolute Gasteiger partial charge is 0.126 e. The minimum absolute atomic E-state index is 0.0996. The van der Waals surface area contributed by atoms with E-state index in [0.717, 1.165) is 11.1 Å². The summed E-state index contributed by atoms with van der Waals surface area (Å²) in [6.45, 7) is 8.16. The summed E-state index contributed by atoms with van der Waals surface area (Å²) in [4.78, 5) is 0. The molecule has 0 heterocycles. The van der Waals surface area contributed by atoms with Gasteiger partial charge >= 0.3 is 0 Å². The van der Waals surface area contributed by atoms with E-state index in [-0.39, 0.29) is 11.7 Å². The van der Waals surface area contributed by atoms with Crippen molar-refractivity contribution in [2.45, 2.75) is 39.5 Å². The van der Waals surface area contributed by atoms with Gasteiger partial charge in [0.1, 0.15) is 5.82 Å². The molecule has 0 bridgehead atoms. The summed E-state index contributed by atoms with van der Waals surface area (Å²) in [7, 11) is 0. The summed E-state index contributed by atoms with van der Waals surface area (Å²) in [5.74, 6) is 0.473. The molecule has 0 aliphatic heterocycles. The molecule has 0 saturated heterocycles. The molecule has 1 aromatic carbocycles. The van der Waals surface area contributed by atoms with Crippen molar-refractivity contribution in [1.82, 2.24) is 0 Å². The molecular formula is C12H16F. The summed E-state index contributed by atoms with van der Waals surface area (Å²) in [5, 5.41) is 0. The van der Waals surface area contributed by atoms with Crippen molar-refractivity contribution >= 4 is 0 Å². The van der Waals surface area contributed by atoms with Crippen LogP contribution >= 0.6 is 0 Å². The van der Waals surface area contributed by atoms with E-state index in [9.17, 15) is 4.39 Å². The maximum Gasteiger partial charge on any atom is 0.126 e. The third-order valence-electron chi connectivity index (χ3n) is 2.17. The first-order chi connectivity index (χ1) is 6.04. The van der Waals surface area contributed by atoms with Crippen molar-refractivity contribution in [2.75, 3.05) is 0 Å². The lowest BCUT2D eigenvalue weighted by Crippen LogP contribution is -2.01. The van der Waals surface area contributed by atoms with Gasteiger partial charge in [0, 0.05) is 0 Å². The van der Waals surface area contributed by atoms with Gasteiger partial charge in [-0.15, -0.1) is 0 Å². The highest BCUT2D eigenvalue weighted by Gasteiger charge is 2.13. The molecule has 0 unspecified atom stereocenters. The molecule has 1 heteroatoms. The Balaban J connectivity index is 3.26. The number of rotatable bonds is 2. The second-order valence-electron chi connectivity index (χ2n) is 3.96. The van der Waals surface area contributed by atoms with Crippen LogP contribution in [0.5, 0.6) is 0 Å². The molecule has 13 heavy (non-hydrogen) atoms. The number of hydrogen-bond acceptors (Lipinski definition) is 0. The van der Waals surface area contributed by atoms with Crippen molar-refractivity contribution in [1.29, 1.82) is 0 Å². The topological polar surface area (TPSA) is 0 Å². The lowest BCUT2D eigenvalue weighted by Gasteiger charge is -2.15. The Labute approximate surface area is 79.8 Å². The van der Waals surface area contributed by atoms with Crippen LogP contribution in [-0.2, 0) is 0 Å². The minimum atomic E-state index is -0.0996.